The molecule has 1 N–H and O–H groups in total. The smallest absolute Gasteiger partial charge is 0.162 e. The summed E-state index contributed by atoms with van der Waals surface area (Å²) in [6.07, 6.45) is 13.0. The molecule has 2 unspecified atom stereocenters. The van der Waals surface area contributed by atoms with E-state index in [2.05, 4.69) is 76.2 Å². The summed E-state index contributed by atoms with van der Waals surface area (Å²) in [5, 5.41) is 10.1. The summed E-state index contributed by atoms with van der Waals surface area (Å²) in [6.45, 7) is 12.4. The van der Waals surface area contributed by atoms with Gasteiger partial charge in [-0.2, -0.15) is 0 Å². The van der Waals surface area contributed by atoms with Gasteiger partial charge in [-0.25, -0.2) is 0 Å². The molecule has 0 radical (unpaired) electrons. The topological polar surface area (TPSA) is 56.3 Å². The molecule has 3 aromatic carbocycles. The Morgan fingerprint density at radius 1 is 0.854 bits per heavy atom. The van der Waals surface area contributed by atoms with E-state index in [1.165, 1.54) is 47.5 Å². The lowest BCUT2D eigenvalue weighted by Crippen LogP contribution is -2.49. The normalized spacial score (nSPS) is 21.8. The number of hydrogen-bond acceptors (Lipinski definition) is 6. The predicted octanol–water partition coefficient (Wildman–Crippen LogP) is 8.00. The Balaban J connectivity index is 0.941. The number of carbonyl (C=O) groups is 1. The third-order valence-electron chi connectivity index (χ3n) is 11.2. The standard InChI is InChI=1S/C42H51N3O3/c1-3-31-26-35(14-16-37(31)40(47)4-2)45-24-22-43(23-25-45)28-30-18-20-44(21-19-30)34-12-10-33(11-13-34)42-38-17-15-36(46)27-41(38)48-29-39(42)32-8-6-5-7-9-32/h6,8-17,26-27,30,39,42,46H,3-5,7,18-25,28-29H2,1-2H3. The van der Waals surface area contributed by atoms with Gasteiger partial charge in [-0.3, -0.25) is 9.69 Å². The molecule has 2 atom stereocenters. The number of piperazine rings is 1. The number of benzene rings is 3. The highest BCUT2D eigenvalue weighted by Crippen LogP contribution is 2.46. The first-order chi connectivity index (χ1) is 23.5. The molecule has 0 spiro atoms. The van der Waals surface area contributed by atoms with E-state index in [0.29, 0.717) is 13.0 Å². The Bertz CT molecular complexity index is 1650. The fourth-order valence-corrected chi connectivity index (χ4v) is 8.36. The van der Waals surface area contributed by atoms with Gasteiger partial charge >= 0.3 is 0 Å². The monoisotopic (exact) mass is 645 g/mol. The van der Waals surface area contributed by atoms with Gasteiger partial charge in [-0.05, 0) is 91.1 Å². The quantitative estimate of drug-likeness (QED) is 0.238. The molecule has 6 nitrogen and oxygen atoms in total. The van der Waals surface area contributed by atoms with Crippen molar-refractivity contribution in [2.75, 3.05) is 62.2 Å². The van der Waals surface area contributed by atoms with Crippen molar-refractivity contribution in [1.29, 1.82) is 0 Å². The molecule has 2 saturated heterocycles. The van der Waals surface area contributed by atoms with Crippen LogP contribution in [0.5, 0.6) is 11.5 Å². The number of anilines is 2. The number of piperidine rings is 1. The van der Waals surface area contributed by atoms with Crippen LogP contribution in [0.3, 0.4) is 0 Å². The van der Waals surface area contributed by atoms with E-state index < -0.39 is 0 Å². The fourth-order valence-electron chi connectivity index (χ4n) is 8.36. The number of fused-ring (bicyclic) bond motifs is 1. The van der Waals surface area contributed by atoms with E-state index in [1.54, 1.807) is 12.1 Å². The van der Waals surface area contributed by atoms with Crippen LogP contribution < -0.4 is 14.5 Å². The highest BCUT2D eigenvalue weighted by Gasteiger charge is 2.34. The summed E-state index contributed by atoms with van der Waals surface area (Å²) in [5.74, 6) is 2.49. The van der Waals surface area contributed by atoms with Crippen molar-refractivity contribution >= 4 is 17.2 Å². The summed E-state index contributed by atoms with van der Waals surface area (Å²) >= 11 is 0. The van der Waals surface area contributed by atoms with E-state index in [9.17, 15) is 9.90 Å². The van der Waals surface area contributed by atoms with E-state index in [1.807, 2.05) is 19.1 Å². The van der Waals surface area contributed by atoms with Gasteiger partial charge in [0, 0.05) is 92.6 Å². The second-order valence-electron chi connectivity index (χ2n) is 14.1. The Kier molecular flexibility index (Phi) is 9.90. The van der Waals surface area contributed by atoms with Gasteiger partial charge in [0.25, 0.3) is 0 Å². The largest absolute Gasteiger partial charge is 0.508 e. The maximum absolute atomic E-state index is 12.4. The number of nitrogens with zero attached hydrogens (tertiary/aromatic N) is 3. The third kappa shape index (κ3) is 6.91. The van der Waals surface area contributed by atoms with E-state index in [0.717, 1.165) is 81.3 Å². The van der Waals surface area contributed by atoms with Crippen LogP contribution in [-0.4, -0.2) is 68.2 Å². The number of hydrogen-bond donors (Lipinski definition) is 1. The number of aromatic hydroxyl groups is 1. The fraction of sp³-hybridized carbons (Fsp3) is 0.452. The molecule has 0 aromatic heterocycles. The summed E-state index contributed by atoms with van der Waals surface area (Å²) in [4.78, 5) is 20.1. The minimum atomic E-state index is 0.196. The van der Waals surface area contributed by atoms with Crippen LogP contribution in [0.4, 0.5) is 11.4 Å². The maximum Gasteiger partial charge on any atom is 0.162 e. The van der Waals surface area contributed by atoms with Crippen molar-refractivity contribution < 1.29 is 14.6 Å². The number of phenolic OH excluding ortho intramolecular Hbond substituents is 1. The van der Waals surface area contributed by atoms with Gasteiger partial charge in [0.05, 0.1) is 6.61 Å². The molecule has 48 heavy (non-hydrogen) atoms. The van der Waals surface area contributed by atoms with Gasteiger partial charge in [0.2, 0.25) is 0 Å². The lowest BCUT2D eigenvalue weighted by molar-refractivity contribution is 0.0987. The number of phenols is 1. The zero-order chi connectivity index (χ0) is 33.0. The van der Waals surface area contributed by atoms with Crippen LogP contribution in [0.2, 0.25) is 0 Å². The van der Waals surface area contributed by atoms with Gasteiger partial charge in [0.15, 0.2) is 5.78 Å². The van der Waals surface area contributed by atoms with E-state index in [4.69, 9.17) is 4.74 Å². The maximum atomic E-state index is 12.4. The number of carbonyl (C=O) groups excluding carboxylic acids is 1. The molecular formula is C42H51N3O3. The number of rotatable bonds is 9. The van der Waals surface area contributed by atoms with Gasteiger partial charge < -0.3 is 19.6 Å². The zero-order valence-corrected chi connectivity index (χ0v) is 28.7. The Morgan fingerprint density at radius 2 is 1.60 bits per heavy atom. The molecular weight excluding hydrogens is 594 g/mol. The Hall–Kier alpha value is -4.03. The van der Waals surface area contributed by atoms with Gasteiger partial charge in [-0.15, -0.1) is 0 Å². The van der Waals surface area contributed by atoms with Crippen LogP contribution in [0.1, 0.15) is 78.9 Å². The molecule has 2 fully saturated rings. The molecule has 7 rings (SSSR count). The number of aryl methyl sites for hydroxylation is 1. The third-order valence-corrected chi connectivity index (χ3v) is 11.2. The average molecular weight is 646 g/mol. The second-order valence-corrected chi connectivity index (χ2v) is 14.1. The van der Waals surface area contributed by atoms with Crippen LogP contribution in [0, 0.1) is 11.8 Å². The minimum Gasteiger partial charge on any atom is -0.508 e. The minimum absolute atomic E-state index is 0.196. The lowest BCUT2D eigenvalue weighted by atomic mass is 9.74. The van der Waals surface area contributed by atoms with Crippen LogP contribution in [0.25, 0.3) is 0 Å². The van der Waals surface area contributed by atoms with E-state index in [-0.39, 0.29) is 23.4 Å². The van der Waals surface area contributed by atoms with Crippen LogP contribution in [-0.2, 0) is 6.42 Å². The van der Waals surface area contributed by atoms with Crippen molar-refractivity contribution in [2.24, 2.45) is 11.8 Å². The lowest BCUT2D eigenvalue weighted by Gasteiger charge is -2.40. The van der Waals surface area contributed by atoms with Crippen molar-refractivity contribution in [1.82, 2.24) is 4.90 Å². The molecule has 3 aliphatic heterocycles. The molecule has 4 aliphatic rings. The molecule has 0 bridgehead atoms. The first-order valence-corrected chi connectivity index (χ1v) is 18.3. The summed E-state index contributed by atoms with van der Waals surface area (Å²) in [5.41, 5.74) is 8.48. The van der Waals surface area contributed by atoms with E-state index >= 15 is 0 Å². The number of ketones is 1. The van der Waals surface area contributed by atoms with Crippen LogP contribution in [0.15, 0.2) is 84.5 Å². The molecule has 252 valence electrons. The summed E-state index contributed by atoms with van der Waals surface area (Å²) in [7, 11) is 0. The average Bonchev–Trinajstić information content (AvgIpc) is 3.15. The Morgan fingerprint density at radius 3 is 2.31 bits per heavy atom. The zero-order valence-electron chi connectivity index (χ0n) is 28.7. The van der Waals surface area contributed by atoms with Gasteiger partial charge in [-0.1, -0.05) is 50.3 Å². The summed E-state index contributed by atoms with van der Waals surface area (Å²) in [6, 6.07) is 21.3. The number of ether oxygens (including phenoxy) is 1. The number of allylic oxidation sites excluding steroid dienone is 3. The van der Waals surface area contributed by atoms with Crippen molar-refractivity contribution in [3.05, 3.63) is 107 Å². The SMILES string of the molecule is CCC(=O)c1ccc(N2CCN(CC3CCN(c4ccc(C5c6ccc(O)cc6OCC5C5=CCCC=C5)cc4)CC3)CC2)cc1CC. The predicted molar refractivity (Wildman–Crippen MR) is 196 cm³/mol. The number of Topliss-reactive ketones (excluding diaryl/α,β-unsaturated/α-hetero) is 1. The first-order valence-electron chi connectivity index (χ1n) is 18.3. The second kappa shape index (κ2) is 14.6. The van der Waals surface area contributed by atoms with Crippen molar-refractivity contribution in [3.63, 3.8) is 0 Å². The summed E-state index contributed by atoms with van der Waals surface area (Å²) < 4.78 is 6.19. The van der Waals surface area contributed by atoms with Crippen molar-refractivity contribution in [2.45, 2.75) is 58.3 Å². The molecule has 0 amide bonds. The first kappa shape index (κ1) is 32.5. The van der Waals surface area contributed by atoms with Crippen molar-refractivity contribution in [3.8, 4) is 11.5 Å². The molecule has 3 heterocycles. The van der Waals surface area contributed by atoms with Crippen LogP contribution >= 0.6 is 0 Å². The highest BCUT2D eigenvalue weighted by atomic mass is 16.5. The molecule has 3 aromatic rings. The molecule has 0 saturated carbocycles. The molecule has 6 heteroatoms. The highest BCUT2D eigenvalue weighted by molar-refractivity contribution is 5.97. The van der Waals surface area contributed by atoms with Gasteiger partial charge in [0.1, 0.15) is 11.5 Å². The molecule has 1 aliphatic carbocycles. The Labute approximate surface area is 286 Å².